The molecule has 34 heavy (non-hydrogen) atoms. The van der Waals surface area contributed by atoms with E-state index in [2.05, 4.69) is 20.0 Å². The molecule has 0 saturated heterocycles. The van der Waals surface area contributed by atoms with Crippen molar-refractivity contribution in [3.8, 4) is 0 Å². The summed E-state index contributed by atoms with van der Waals surface area (Å²) in [4.78, 5) is 20.1. The van der Waals surface area contributed by atoms with Crippen LogP contribution in [0, 0.1) is 6.57 Å². The lowest BCUT2D eigenvalue weighted by Crippen LogP contribution is -2.14. The molecular weight excluding hydrogens is 438 g/mol. The molecule has 0 aliphatic rings. The van der Waals surface area contributed by atoms with Gasteiger partial charge in [0.1, 0.15) is 0 Å². The maximum atomic E-state index is 14.2. The van der Waals surface area contributed by atoms with E-state index in [1.807, 2.05) is 0 Å². The Balaban J connectivity index is 2.02. The van der Waals surface area contributed by atoms with Gasteiger partial charge in [-0.25, -0.2) is 18.7 Å². The molecule has 0 amide bonds. The number of hydrogen-bond donors (Lipinski definition) is 3. The van der Waals surface area contributed by atoms with Crippen LogP contribution in [0.4, 0.5) is 14.5 Å². The number of aliphatic imine (C=N–C) groups is 1. The summed E-state index contributed by atoms with van der Waals surface area (Å²) in [5.74, 6) is 0. The van der Waals surface area contributed by atoms with E-state index in [0.717, 1.165) is 0 Å². The van der Waals surface area contributed by atoms with Gasteiger partial charge in [0, 0.05) is 41.9 Å². The molecule has 0 aliphatic heterocycles. The molecule has 0 spiro atoms. The Kier molecular flexibility index (Phi) is 6.17. The molecule has 0 radical (unpaired) electrons. The normalized spacial score (nSPS) is 12.5. The van der Waals surface area contributed by atoms with Gasteiger partial charge in [0.15, 0.2) is 0 Å². The maximum absolute atomic E-state index is 14.2. The SMILES string of the molecule is [C-]#[N+]c1c(C(=NC)/C(=C\N)c2ccc3c(=O)[nH]nc(CN)c3c2)c(C(F)F)cc2ccccc12. The summed E-state index contributed by atoms with van der Waals surface area (Å²) in [5, 5.41) is 8.35. The number of allylic oxidation sites excluding steroid dienone is 1. The van der Waals surface area contributed by atoms with Gasteiger partial charge in [0.25, 0.3) is 12.0 Å². The molecule has 1 aromatic heterocycles. The molecule has 1 heterocycles. The number of alkyl halides is 2. The number of H-pyrrole nitrogens is 1. The lowest BCUT2D eigenvalue weighted by molar-refractivity contribution is 0.151. The smallest absolute Gasteiger partial charge is 0.272 e. The van der Waals surface area contributed by atoms with Crippen LogP contribution in [0.3, 0.4) is 0 Å². The molecule has 5 N–H and O–H groups in total. The number of aromatic nitrogens is 2. The zero-order valence-corrected chi connectivity index (χ0v) is 18.1. The molecule has 0 unspecified atom stereocenters. The van der Waals surface area contributed by atoms with Crippen molar-refractivity contribution in [1.82, 2.24) is 10.2 Å². The highest BCUT2D eigenvalue weighted by molar-refractivity contribution is 6.35. The van der Waals surface area contributed by atoms with Gasteiger partial charge >= 0.3 is 0 Å². The quantitative estimate of drug-likeness (QED) is 0.303. The van der Waals surface area contributed by atoms with Crippen LogP contribution in [0.25, 0.3) is 32.0 Å². The minimum absolute atomic E-state index is 0.0195. The Morgan fingerprint density at radius 1 is 1.21 bits per heavy atom. The van der Waals surface area contributed by atoms with Gasteiger partial charge < -0.3 is 11.5 Å². The molecule has 0 fully saturated rings. The Bertz CT molecular complexity index is 1580. The number of nitrogens with two attached hydrogens (primary N) is 2. The first kappa shape index (κ1) is 22.8. The van der Waals surface area contributed by atoms with Crippen molar-refractivity contribution in [2.45, 2.75) is 13.0 Å². The Labute approximate surface area is 193 Å². The molecule has 7 nitrogen and oxygen atoms in total. The van der Waals surface area contributed by atoms with Gasteiger partial charge in [-0.1, -0.05) is 30.3 Å². The van der Waals surface area contributed by atoms with Gasteiger partial charge in [-0.15, -0.1) is 0 Å². The summed E-state index contributed by atoms with van der Waals surface area (Å²) in [7, 11) is 1.45. The maximum Gasteiger partial charge on any atom is 0.272 e. The number of halogens is 2. The van der Waals surface area contributed by atoms with Crippen LogP contribution in [-0.2, 0) is 6.54 Å². The Hall–Kier alpha value is -4.42. The lowest BCUT2D eigenvalue weighted by Gasteiger charge is -2.18. The second kappa shape index (κ2) is 9.21. The number of aromatic amines is 1. The largest absolute Gasteiger partial charge is 0.404 e. The highest BCUT2D eigenvalue weighted by Crippen LogP contribution is 2.40. The predicted molar refractivity (Wildman–Crippen MR) is 130 cm³/mol. The lowest BCUT2D eigenvalue weighted by atomic mass is 9.89. The highest BCUT2D eigenvalue weighted by Gasteiger charge is 2.26. The number of fused-ring (bicyclic) bond motifs is 2. The summed E-state index contributed by atoms with van der Waals surface area (Å²) >= 11 is 0. The third-order valence-electron chi connectivity index (χ3n) is 5.65. The average molecular weight is 458 g/mol. The molecule has 3 aromatic carbocycles. The van der Waals surface area contributed by atoms with E-state index in [0.29, 0.717) is 38.4 Å². The number of benzene rings is 3. The molecule has 9 heteroatoms. The van der Waals surface area contributed by atoms with Gasteiger partial charge in [0.05, 0.1) is 23.4 Å². The van der Waals surface area contributed by atoms with Crippen molar-refractivity contribution < 1.29 is 8.78 Å². The van der Waals surface area contributed by atoms with E-state index >= 15 is 0 Å². The van der Waals surface area contributed by atoms with Crippen molar-refractivity contribution in [2.75, 3.05) is 7.05 Å². The van der Waals surface area contributed by atoms with Crippen molar-refractivity contribution >= 4 is 38.5 Å². The van der Waals surface area contributed by atoms with Crippen LogP contribution >= 0.6 is 0 Å². The first-order valence-corrected chi connectivity index (χ1v) is 10.3. The van der Waals surface area contributed by atoms with E-state index in [4.69, 9.17) is 18.0 Å². The monoisotopic (exact) mass is 458 g/mol. The standard InChI is InChI=1S/C25H20F2N6O/c1-30-22-15-6-4-3-5-13(15)10-18(24(26)27)21(22)23(31-2)19(11-28)14-7-8-16-17(9-14)20(12-29)32-33-25(16)34/h3-11,24H,12,28-29H2,2H3,(H,33,34)/b19-11-,31-23?. The fraction of sp³-hybridized carbons (Fsp3) is 0.120. The molecular formula is C25H20F2N6O. The molecule has 170 valence electrons. The van der Waals surface area contributed by atoms with Crippen molar-refractivity contribution in [3.05, 3.63) is 98.9 Å². The van der Waals surface area contributed by atoms with Gasteiger partial charge in [-0.3, -0.25) is 9.79 Å². The minimum atomic E-state index is -2.85. The van der Waals surface area contributed by atoms with E-state index in [1.165, 1.54) is 19.3 Å². The van der Waals surface area contributed by atoms with Crippen molar-refractivity contribution in [3.63, 3.8) is 0 Å². The predicted octanol–water partition coefficient (Wildman–Crippen LogP) is 4.44. The Morgan fingerprint density at radius 2 is 1.97 bits per heavy atom. The third kappa shape index (κ3) is 3.70. The average Bonchev–Trinajstić information content (AvgIpc) is 2.86. The van der Waals surface area contributed by atoms with Crippen molar-refractivity contribution in [1.29, 1.82) is 0 Å². The zero-order chi connectivity index (χ0) is 24.4. The summed E-state index contributed by atoms with van der Waals surface area (Å²) in [6.07, 6.45) is -1.59. The van der Waals surface area contributed by atoms with Crippen LogP contribution in [0.5, 0.6) is 0 Å². The molecule has 0 aliphatic carbocycles. The fourth-order valence-electron chi connectivity index (χ4n) is 4.11. The Morgan fingerprint density at radius 3 is 2.62 bits per heavy atom. The number of hydrogen-bond acceptors (Lipinski definition) is 5. The number of nitrogens with zero attached hydrogens (tertiary/aromatic N) is 3. The summed E-state index contributed by atoms with van der Waals surface area (Å²) in [6.45, 7) is 7.85. The first-order chi connectivity index (χ1) is 16.4. The van der Waals surface area contributed by atoms with Crippen LogP contribution in [0.15, 0.2) is 64.5 Å². The topological polar surface area (TPSA) is 115 Å². The van der Waals surface area contributed by atoms with Gasteiger partial charge in [-0.2, -0.15) is 5.10 Å². The van der Waals surface area contributed by atoms with E-state index in [-0.39, 0.29) is 34.6 Å². The fourth-order valence-corrected chi connectivity index (χ4v) is 4.11. The van der Waals surface area contributed by atoms with E-state index in [1.54, 1.807) is 42.5 Å². The molecule has 4 rings (SSSR count). The second-order valence-corrected chi connectivity index (χ2v) is 7.44. The van der Waals surface area contributed by atoms with E-state index < -0.39 is 6.43 Å². The third-order valence-corrected chi connectivity index (χ3v) is 5.65. The summed E-state index contributed by atoms with van der Waals surface area (Å²) in [6, 6.07) is 13.1. The van der Waals surface area contributed by atoms with E-state index in [9.17, 15) is 13.6 Å². The van der Waals surface area contributed by atoms with Crippen LogP contribution < -0.4 is 17.0 Å². The van der Waals surface area contributed by atoms with Crippen LogP contribution in [0.2, 0.25) is 0 Å². The van der Waals surface area contributed by atoms with Crippen molar-refractivity contribution in [2.24, 2.45) is 16.5 Å². The van der Waals surface area contributed by atoms with Gasteiger partial charge in [0.2, 0.25) is 5.69 Å². The zero-order valence-electron chi connectivity index (χ0n) is 18.1. The molecule has 0 bridgehead atoms. The molecule has 0 saturated carbocycles. The van der Waals surface area contributed by atoms with Crippen LogP contribution in [0.1, 0.15) is 28.8 Å². The van der Waals surface area contributed by atoms with Gasteiger partial charge in [-0.05, 0) is 34.5 Å². The van der Waals surface area contributed by atoms with Crippen LogP contribution in [-0.4, -0.2) is 23.0 Å². The summed E-state index contributed by atoms with van der Waals surface area (Å²) in [5.41, 5.74) is 12.6. The summed E-state index contributed by atoms with van der Waals surface area (Å²) < 4.78 is 28.4. The first-order valence-electron chi connectivity index (χ1n) is 10.3. The number of nitrogens with one attached hydrogen (secondary N) is 1. The molecule has 4 aromatic rings. The molecule has 0 atom stereocenters. The highest BCUT2D eigenvalue weighted by atomic mass is 19.3. The second-order valence-electron chi connectivity index (χ2n) is 7.44. The minimum Gasteiger partial charge on any atom is -0.404 e. The number of rotatable bonds is 5.